The SMILES string of the molecule is CC(C)Oc1cc2c(=O)c3c4ccc(C#N)cc4[nH]c3n(C3CCCCC3)c2cc1-c1cccc(S(=O)(=O)F)c1. The zero-order valence-electron chi connectivity index (χ0n) is 22.2. The van der Waals surface area contributed by atoms with Gasteiger partial charge in [-0.15, -0.1) is 3.89 Å². The zero-order valence-corrected chi connectivity index (χ0v) is 23.0. The molecule has 1 fully saturated rings. The fraction of sp³-hybridized carbons (Fsp3) is 0.290. The number of pyridine rings is 1. The molecule has 1 N–H and O–H groups in total. The molecule has 9 heteroatoms. The number of rotatable bonds is 5. The van der Waals surface area contributed by atoms with Crippen LogP contribution in [0.4, 0.5) is 3.89 Å². The highest BCUT2D eigenvalue weighted by atomic mass is 32.3. The number of fused-ring (bicyclic) bond motifs is 4. The minimum absolute atomic E-state index is 0.130. The third-order valence-electron chi connectivity index (χ3n) is 7.71. The van der Waals surface area contributed by atoms with Crippen molar-refractivity contribution in [2.45, 2.75) is 63.0 Å². The van der Waals surface area contributed by atoms with Crippen LogP contribution in [0, 0.1) is 11.3 Å². The van der Waals surface area contributed by atoms with Crippen molar-refractivity contribution in [1.29, 1.82) is 5.26 Å². The van der Waals surface area contributed by atoms with Crippen molar-refractivity contribution in [3.05, 3.63) is 70.4 Å². The van der Waals surface area contributed by atoms with Gasteiger partial charge in [-0.1, -0.05) is 37.5 Å². The van der Waals surface area contributed by atoms with Gasteiger partial charge in [0.2, 0.25) is 0 Å². The summed E-state index contributed by atoms with van der Waals surface area (Å²) in [4.78, 5) is 17.1. The smallest absolute Gasteiger partial charge is 0.332 e. The minimum atomic E-state index is -4.92. The molecule has 3 aromatic carbocycles. The van der Waals surface area contributed by atoms with Crippen molar-refractivity contribution < 1.29 is 17.0 Å². The fourth-order valence-corrected chi connectivity index (χ4v) is 6.49. The number of aromatic amines is 1. The summed E-state index contributed by atoms with van der Waals surface area (Å²) in [5, 5.41) is 11.2. The molecule has 1 saturated carbocycles. The molecule has 6 rings (SSSR count). The number of nitrogens with one attached hydrogen (secondary N) is 1. The van der Waals surface area contributed by atoms with Crippen molar-refractivity contribution in [3.8, 4) is 22.9 Å². The average Bonchev–Trinajstić information content (AvgIpc) is 3.31. The molecule has 1 aliphatic carbocycles. The highest BCUT2D eigenvalue weighted by Crippen LogP contribution is 2.40. The Bertz CT molecular complexity index is 2010. The lowest BCUT2D eigenvalue weighted by atomic mass is 9.93. The van der Waals surface area contributed by atoms with Gasteiger partial charge in [0.1, 0.15) is 11.4 Å². The first kappa shape index (κ1) is 26.1. The third-order valence-corrected chi connectivity index (χ3v) is 8.52. The van der Waals surface area contributed by atoms with Gasteiger partial charge in [-0.2, -0.15) is 13.7 Å². The van der Waals surface area contributed by atoms with E-state index in [1.54, 1.807) is 24.3 Å². The third kappa shape index (κ3) is 4.42. The molecule has 2 aromatic heterocycles. The molecule has 0 spiro atoms. The predicted octanol–water partition coefficient (Wildman–Crippen LogP) is 7.13. The van der Waals surface area contributed by atoms with Gasteiger partial charge in [-0.3, -0.25) is 4.79 Å². The summed E-state index contributed by atoms with van der Waals surface area (Å²) in [5.41, 5.74) is 3.47. The van der Waals surface area contributed by atoms with Crippen LogP contribution < -0.4 is 10.2 Å². The van der Waals surface area contributed by atoms with E-state index in [0.717, 1.165) is 37.5 Å². The number of hydrogen-bond donors (Lipinski definition) is 1. The summed E-state index contributed by atoms with van der Waals surface area (Å²) < 4.78 is 45.7. The maximum atomic E-state index is 14.1. The number of benzene rings is 3. The van der Waals surface area contributed by atoms with E-state index in [-0.39, 0.29) is 17.6 Å². The van der Waals surface area contributed by atoms with E-state index in [9.17, 15) is 22.4 Å². The molecule has 0 atom stereocenters. The van der Waals surface area contributed by atoms with Crippen molar-refractivity contribution in [2.75, 3.05) is 0 Å². The Morgan fingerprint density at radius 1 is 1.05 bits per heavy atom. The normalized spacial score (nSPS) is 14.8. The monoisotopic (exact) mass is 557 g/mol. The summed E-state index contributed by atoms with van der Waals surface area (Å²) >= 11 is 0. The van der Waals surface area contributed by atoms with Crippen LogP contribution in [0.25, 0.3) is 44.0 Å². The van der Waals surface area contributed by atoms with E-state index >= 15 is 0 Å². The predicted molar refractivity (Wildman–Crippen MR) is 154 cm³/mol. The standard InChI is InChI=1S/C31H28FN3O4S/c1-18(2)39-28-16-25-27(15-24(28)20-7-6-10-22(14-20)40(32,37)38)35(21-8-4-3-5-9-21)31-29(30(25)36)23-12-11-19(17-33)13-26(23)34-31/h6-7,10-16,18,21,34H,3-5,8-9H2,1-2H3. The van der Waals surface area contributed by atoms with Gasteiger partial charge < -0.3 is 14.3 Å². The van der Waals surface area contributed by atoms with Crippen LogP contribution in [0.2, 0.25) is 0 Å². The summed E-state index contributed by atoms with van der Waals surface area (Å²) in [5.74, 6) is 0.411. The van der Waals surface area contributed by atoms with E-state index in [0.29, 0.717) is 49.9 Å². The van der Waals surface area contributed by atoms with Crippen molar-refractivity contribution in [2.24, 2.45) is 0 Å². The Hall–Kier alpha value is -4.16. The van der Waals surface area contributed by atoms with Gasteiger partial charge in [0.15, 0.2) is 5.43 Å². The highest BCUT2D eigenvalue weighted by molar-refractivity contribution is 7.86. The van der Waals surface area contributed by atoms with Crippen molar-refractivity contribution in [1.82, 2.24) is 9.55 Å². The van der Waals surface area contributed by atoms with Crippen LogP contribution >= 0.6 is 0 Å². The van der Waals surface area contributed by atoms with Gasteiger partial charge in [0.05, 0.1) is 38.9 Å². The Balaban J connectivity index is 1.75. The van der Waals surface area contributed by atoms with E-state index in [2.05, 4.69) is 15.6 Å². The molecular weight excluding hydrogens is 529 g/mol. The van der Waals surface area contributed by atoms with Gasteiger partial charge >= 0.3 is 10.2 Å². The lowest BCUT2D eigenvalue weighted by Gasteiger charge is -2.28. The number of ether oxygens (including phenoxy) is 1. The second-order valence-corrected chi connectivity index (χ2v) is 12.1. The van der Waals surface area contributed by atoms with Crippen molar-refractivity contribution in [3.63, 3.8) is 0 Å². The maximum Gasteiger partial charge on any atom is 0.332 e. The second-order valence-electron chi connectivity index (χ2n) is 10.7. The lowest BCUT2D eigenvalue weighted by molar-refractivity contribution is 0.244. The number of H-pyrrole nitrogens is 1. The Morgan fingerprint density at radius 2 is 1.82 bits per heavy atom. The van der Waals surface area contributed by atoms with Gasteiger partial charge in [-0.05, 0) is 68.7 Å². The van der Waals surface area contributed by atoms with Crippen LogP contribution in [0.15, 0.2) is 64.3 Å². The molecule has 0 radical (unpaired) electrons. The molecule has 0 unspecified atom stereocenters. The molecule has 40 heavy (non-hydrogen) atoms. The average molecular weight is 558 g/mol. The summed E-state index contributed by atoms with van der Waals surface area (Å²) in [7, 11) is -4.92. The van der Waals surface area contributed by atoms with Crippen LogP contribution in [-0.4, -0.2) is 24.1 Å². The molecule has 0 saturated heterocycles. The molecule has 1 aliphatic rings. The highest BCUT2D eigenvalue weighted by Gasteiger charge is 2.25. The van der Waals surface area contributed by atoms with Gasteiger partial charge in [-0.25, -0.2) is 0 Å². The lowest BCUT2D eigenvalue weighted by Crippen LogP contribution is -2.19. The molecule has 5 aromatic rings. The zero-order chi connectivity index (χ0) is 28.2. The first-order chi connectivity index (χ1) is 19.2. The summed E-state index contributed by atoms with van der Waals surface area (Å²) in [6.07, 6.45) is 4.94. The Labute approximate surface area is 231 Å². The molecule has 2 heterocycles. The van der Waals surface area contributed by atoms with E-state index in [1.807, 2.05) is 26.0 Å². The van der Waals surface area contributed by atoms with Crippen LogP contribution in [0.3, 0.4) is 0 Å². The van der Waals surface area contributed by atoms with E-state index in [1.165, 1.54) is 18.2 Å². The molecule has 0 bridgehead atoms. The first-order valence-corrected chi connectivity index (χ1v) is 14.8. The molecule has 7 nitrogen and oxygen atoms in total. The Morgan fingerprint density at radius 3 is 2.52 bits per heavy atom. The number of nitriles is 1. The molecular formula is C31H28FN3O4S. The van der Waals surface area contributed by atoms with Crippen molar-refractivity contribution >= 4 is 43.1 Å². The fourth-order valence-electron chi connectivity index (χ4n) is 5.98. The van der Waals surface area contributed by atoms with E-state index < -0.39 is 15.1 Å². The molecule has 204 valence electrons. The maximum absolute atomic E-state index is 14.1. The topological polar surface area (TPSA) is 105 Å². The Kier molecular flexibility index (Phi) is 6.38. The van der Waals surface area contributed by atoms with Crippen LogP contribution in [0.5, 0.6) is 5.75 Å². The number of aromatic nitrogens is 2. The van der Waals surface area contributed by atoms with E-state index in [4.69, 9.17) is 4.74 Å². The number of hydrogen-bond acceptors (Lipinski definition) is 5. The van der Waals surface area contributed by atoms with Gasteiger partial charge in [0, 0.05) is 22.5 Å². The number of halogens is 1. The summed E-state index contributed by atoms with van der Waals surface area (Å²) in [6.45, 7) is 3.73. The summed E-state index contributed by atoms with van der Waals surface area (Å²) in [6, 6.07) is 16.9. The van der Waals surface area contributed by atoms with Crippen LogP contribution in [-0.2, 0) is 10.2 Å². The molecule has 0 aliphatic heterocycles. The number of nitrogens with zero attached hydrogens (tertiary/aromatic N) is 2. The minimum Gasteiger partial charge on any atom is -0.490 e. The molecule has 0 amide bonds. The largest absolute Gasteiger partial charge is 0.490 e. The van der Waals surface area contributed by atoms with Crippen LogP contribution in [0.1, 0.15) is 57.6 Å². The second kappa shape index (κ2) is 9.79. The quantitative estimate of drug-likeness (QED) is 0.232. The first-order valence-electron chi connectivity index (χ1n) is 13.5. The van der Waals surface area contributed by atoms with Gasteiger partial charge in [0.25, 0.3) is 0 Å².